The molecule has 174 valence electrons. The van der Waals surface area contributed by atoms with Crippen LogP contribution < -0.4 is 10.2 Å². The number of hydrogen-bond acceptors (Lipinski definition) is 4. The summed E-state index contributed by atoms with van der Waals surface area (Å²) >= 11 is 7.03. The number of halogens is 5. The van der Waals surface area contributed by atoms with Gasteiger partial charge in [0.1, 0.15) is 16.4 Å². The Morgan fingerprint density at radius 3 is 2.26 bits per heavy atom. The van der Waals surface area contributed by atoms with E-state index in [1.807, 2.05) is 6.92 Å². The highest BCUT2D eigenvalue weighted by atomic mass is 35.5. The Bertz CT molecular complexity index is 1320. The first-order valence-electron chi connectivity index (χ1n) is 9.82. The number of thioether (sulfide) groups is 1. The lowest BCUT2D eigenvalue weighted by atomic mass is 10.2. The average molecular weight is 507 g/mol. The minimum absolute atomic E-state index is 0.0716. The number of rotatable bonds is 5. The maximum atomic E-state index is 14.3. The van der Waals surface area contributed by atoms with E-state index in [1.54, 1.807) is 24.3 Å². The van der Waals surface area contributed by atoms with Gasteiger partial charge in [0.25, 0.3) is 11.8 Å². The fraction of sp³-hybridized carbons (Fsp3) is 0.0833. The molecular weight excluding hydrogens is 492 g/mol. The van der Waals surface area contributed by atoms with Crippen LogP contribution in [0.1, 0.15) is 11.1 Å². The number of aryl methyl sites for hydroxylation is 1. The predicted molar refractivity (Wildman–Crippen MR) is 123 cm³/mol. The van der Waals surface area contributed by atoms with E-state index < -0.39 is 35.1 Å². The van der Waals surface area contributed by atoms with Gasteiger partial charge in [-0.1, -0.05) is 53.2 Å². The van der Waals surface area contributed by atoms with E-state index >= 15 is 0 Å². The minimum atomic E-state index is -4.72. The van der Waals surface area contributed by atoms with Crippen molar-refractivity contribution >= 4 is 46.6 Å². The molecular formula is C24H15ClF4N2O2S. The Morgan fingerprint density at radius 1 is 0.941 bits per heavy atom. The quantitative estimate of drug-likeness (QED) is 0.305. The van der Waals surface area contributed by atoms with Gasteiger partial charge in [-0.2, -0.15) is 13.2 Å². The molecule has 0 radical (unpaired) electrons. The van der Waals surface area contributed by atoms with Gasteiger partial charge in [-0.15, -0.1) is 0 Å². The maximum Gasteiger partial charge on any atom is 0.416 e. The molecule has 1 N–H and O–H groups in total. The molecule has 0 unspecified atom stereocenters. The molecule has 0 fully saturated rings. The highest BCUT2D eigenvalue weighted by Crippen LogP contribution is 2.42. The molecule has 0 spiro atoms. The summed E-state index contributed by atoms with van der Waals surface area (Å²) in [6, 6.07) is 14.9. The SMILES string of the molecule is Cc1ccc(SC2=C(Nc3ccccc3F)C(=O)N(c3cc(C(F)(F)F)ccc3Cl)C2=O)cc1. The Labute approximate surface area is 201 Å². The Morgan fingerprint density at radius 2 is 1.62 bits per heavy atom. The largest absolute Gasteiger partial charge is 0.416 e. The van der Waals surface area contributed by atoms with E-state index in [1.165, 1.54) is 24.3 Å². The number of nitrogens with zero attached hydrogens (tertiary/aromatic N) is 1. The second-order valence-electron chi connectivity index (χ2n) is 7.33. The summed E-state index contributed by atoms with van der Waals surface area (Å²) in [4.78, 5) is 27.7. The van der Waals surface area contributed by atoms with Crippen LogP contribution in [-0.2, 0) is 15.8 Å². The van der Waals surface area contributed by atoms with E-state index in [0.29, 0.717) is 15.9 Å². The molecule has 1 heterocycles. The molecule has 0 saturated carbocycles. The normalized spacial score (nSPS) is 14.2. The first-order chi connectivity index (χ1) is 16.1. The van der Waals surface area contributed by atoms with Gasteiger partial charge in [0.05, 0.1) is 22.0 Å². The number of nitrogens with one attached hydrogen (secondary N) is 1. The fourth-order valence-electron chi connectivity index (χ4n) is 3.22. The first kappa shape index (κ1) is 23.8. The highest BCUT2D eigenvalue weighted by Gasteiger charge is 2.42. The second kappa shape index (κ2) is 9.15. The van der Waals surface area contributed by atoms with Crippen molar-refractivity contribution in [2.75, 3.05) is 10.2 Å². The van der Waals surface area contributed by atoms with Gasteiger partial charge in [-0.25, -0.2) is 9.29 Å². The molecule has 0 bridgehead atoms. The van der Waals surface area contributed by atoms with Gasteiger partial charge in [0.15, 0.2) is 0 Å². The second-order valence-corrected chi connectivity index (χ2v) is 8.82. The number of carbonyl (C=O) groups excluding carboxylic acids is 2. The van der Waals surface area contributed by atoms with Gasteiger partial charge in [-0.05, 0) is 49.4 Å². The third-order valence-electron chi connectivity index (χ3n) is 4.93. The van der Waals surface area contributed by atoms with Crippen LogP contribution in [0, 0.1) is 12.7 Å². The van der Waals surface area contributed by atoms with Crippen molar-refractivity contribution in [3.8, 4) is 0 Å². The highest BCUT2D eigenvalue weighted by molar-refractivity contribution is 8.04. The number of amides is 2. The summed E-state index contributed by atoms with van der Waals surface area (Å²) in [5.41, 5.74) is -0.865. The van der Waals surface area contributed by atoms with Crippen LogP contribution in [0.4, 0.5) is 28.9 Å². The lowest BCUT2D eigenvalue weighted by Gasteiger charge is -2.18. The van der Waals surface area contributed by atoms with Crippen LogP contribution in [0.2, 0.25) is 5.02 Å². The van der Waals surface area contributed by atoms with Crippen LogP contribution in [0.5, 0.6) is 0 Å². The zero-order chi connectivity index (χ0) is 24.6. The van der Waals surface area contributed by atoms with Gasteiger partial charge in [0.2, 0.25) is 0 Å². The molecule has 3 aromatic carbocycles. The smallest absolute Gasteiger partial charge is 0.348 e. The number of para-hydroxylation sites is 1. The predicted octanol–water partition coefficient (Wildman–Crippen LogP) is 6.80. The van der Waals surface area contributed by atoms with Gasteiger partial charge >= 0.3 is 6.18 Å². The summed E-state index contributed by atoms with van der Waals surface area (Å²) < 4.78 is 54.1. The zero-order valence-electron chi connectivity index (χ0n) is 17.4. The Kier molecular flexibility index (Phi) is 6.42. The molecule has 4 rings (SSSR count). The van der Waals surface area contributed by atoms with Crippen LogP contribution in [-0.4, -0.2) is 11.8 Å². The summed E-state index contributed by atoms with van der Waals surface area (Å²) in [6.45, 7) is 1.88. The van der Waals surface area contributed by atoms with E-state index in [9.17, 15) is 27.2 Å². The van der Waals surface area contributed by atoms with Crippen molar-refractivity contribution in [1.82, 2.24) is 0 Å². The molecule has 0 saturated heterocycles. The van der Waals surface area contributed by atoms with Crippen LogP contribution in [0.3, 0.4) is 0 Å². The van der Waals surface area contributed by atoms with Crippen LogP contribution >= 0.6 is 23.4 Å². The van der Waals surface area contributed by atoms with Crippen molar-refractivity contribution in [2.24, 2.45) is 0 Å². The van der Waals surface area contributed by atoms with Crippen molar-refractivity contribution in [1.29, 1.82) is 0 Å². The molecule has 10 heteroatoms. The Hall–Kier alpha value is -3.30. The van der Waals surface area contributed by atoms with Gasteiger partial charge in [-0.3, -0.25) is 9.59 Å². The molecule has 3 aromatic rings. The van der Waals surface area contributed by atoms with Crippen molar-refractivity contribution < 1.29 is 27.2 Å². The first-order valence-corrected chi connectivity index (χ1v) is 11.0. The van der Waals surface area contributed by atoms with Crippen LogP contribution in [0.25, 0.3) is 0 Å². The third kappa shape index (κ3) is 4.67. The molecule has 34 heavy (non-hydrogen) atoms. The molecule has 1 aliphatic heterocycles. The topological polar surface area (TPSA) is 49.4 Å². The summed E-state index contributed by atoms with van der Waals surface area (Å²) in [6.07, 6.45) is -4.72. The number of carbonyl (C=O) groups is 2. The van der Waals surface area contributed by atoms with Crippen molar-refractivity contribution in [2.45, 2.75) is 18.0 Å². The lowest BCUT2D eigenvalue weighted by molar-refractivity contribution is -0.137. The maximum absolute atomic E-state index is 14.3. The number of hydrogen-bond donors (Lipinski definition) is 1. The van der Waals surface area contributed by atoms with Crippen molar-refractivity contribution in [3.63, 3.8) is 0 Å². The molecule has 2 amide bonds. The Balaban J connectivity index is 1.80. The molecule has 0 aliphatic carbocycles. The summed E-state index contributed by atoms with van der Waals surface area (Å²) in [5.74, 6) is -2.51. The molecule has 1 aliphatic rings. The third-order valence-corrected chi connectivity index (χ3v) is 6.34. The average Bonchev–Trinajstić information content (AvgIpc) is 3.00. The van der Waals surface area contributed by atoms with Gasteiger partial charge in [0, 0.05) is 4.90 Å². The summed E-state index contributed by atoms with van der Waals surface area (Å²) in [5, 5.41) is 2.42. The van der Waals surface area contributed by atoms with E-state index in [-0.39, 0.29) is 21.3 Å². The minimum Gasteiger partial charge on any atom is -0.348 e. The molecule has 4 nitrogen and oxygen atoms in total. The monoisotopic (exact) mass is 506 g/mol. The molecule has 0 atom stereocenters. The van der Waals surface area contributed by atoms with E-state index in [2.05, 4.69) is 5.32 Å². The standard InChI is InChI=1S/C24H15ClF4N2O2S/c1-13-6-9-15(10-7-13)34-21-20(30-18-5-3-2-4-17(18)26)22(32)31(23(21)33)19-12-14(24(27,28)29)8-11-16(19)25/h2-12,30H,1H3. The number of anilines is 2. The lowest BCUT2D eigenvalue weighted by Crippen LogP contribution is -2.33. The number of benzene rings is 3. The number of imide groups is 1. The molecule has 0 aromatic heterocycles. The zero-order valence-corrected chi connectivity index (χ0v) is 19.0. The summed E-state index contributed by atoms with van der Waals surface area (Å²) in [7, 11) is 0. The van der Waals surface area contributed by atoms with Crippen LogP contribution in [0.15, 0.2) is 82.2 Å². The van der Waals surface area contributed by atoms with E-state index in [4.69, 9.17) is 11.6 Å². The number of alkyl halides is 3. The van der Waals surface area contributed by atoms with Gasteiger partial charge < -0.3 is 5.32 Å². The fourth-order valence-corrected chi connectivity index (χ4v) is 4.34. The van der Waals surface area contributed by atoms with Crippen molar-refractivity contribution in [3.05, 3.63) is 99.3 Å². The van der Waals surface area contributed by atoms with E-state index in [0.717, 1.165) is 29.5 Å².